The SMILES string of the molecule is CCN(CC)CCNCC1c2cc(O)c(OC)cc2CCN1C. The van der Waals surface area contributed by atoms with Crippen molar-refractivity contribution < 1.29 is 9.84 Å². The molecule has 0 aliphatic carbocycles. The van der Waals surface area contributed by atoms with Crippen molar-refractivity contribution in [3.05, 3.63) is 23.3 Å². The number of nitrogens with zero attached hydrogens (tertiary/aromatic N) is 2. The Bertz CT molecular complexity index is 503. The highest BCUT2D eigenvalue weighted by Crippen LogP contribution is 2.36. The third kappa shape index (κ3) is 4.37. The minimum absolute atomic E-state index is 0.231. The van der Waals surface area contributed by atoms with Crippen molar-refractivity contribution in [1.82, 2.24) is 15.1 Å². The van der Waals surface area contributed by atoms with Crippen LogP contribution >= 0.6 is 0 Å². The van der Waals surface area contributed by atoms with Crippen molar-refractivity contribution in [2.45, 2.75) is 26.3 Å². The Morgan fingerprint density at radius 1 is 1.35 bits per heavy atom. The van der Waals surface area contributed by atoms with Gasteiger partial charge in [0.25, 0.3) is 0 Å². The molecular weight excluding hydrogens is 290 g/mol. The van der Waals surface area contributed by atoms with Crippen LogP contribution in [-0.4, -0.2) is 68.3 Å². The molecule has 2 rings (SSSR count). The van der Waals surface area contributed by atoms with Crippen molar-refractivity contribution in [2.24, 2.45) is 0 Å². The minimum atomic E-state index is 0.231. The number of fused-ring (bicyclic) bond motifs is 1. The lowest BCUT2D eigenvalue weighted by atomic mass is 9.92. The van der Waals surface area contributed by atoms with E-state index in [9.17, 15) is 5.11 Å². The van der Waals surface area contributed by atoms with Crippen molar-refractivity contribution in [2.75, 3.05) is 53.4 Å². The molecule has 1 heterocycles. The summed E-state index contributed by atoms with van der Waals surface area (Å²) in [6, 6.07) is 4.16. The average Bonchev–Trinajstić information content (AvgIpc) is 2.56. The van der Waals surface area contributed by atoms with Crippen molar-refractivity contribution >= 4 is 0 Å². The van der Waals surface area contributed by atoms with Gasteiger partial charge in [-0.1, -0.05) is 13.8 Å². The van der Waals surface area contributed by atoms with Gasteiger partial charge in [-0.3, -0.25) is 4.90 Å². The smallest absolute Gasteiger partial charge is 0.160 e. The van der Waals surface area contributed by atoms with E-state index in [-0.39, 0.29) is 5.75 Å². The maximum Gasteiger partial charge on any atom is 0.160 e. The average molecular weight is 321 g/mol. The van der Waals surface area contributed by atoms with Gasteiger partial charge < -0.3 is 20.1 Å². The molecule has 0 spiro atoms. The van der Waals surface area contributed by atoms with E-state index in [4.69, 9.17) is 4.74 Å². The molecule has 1 aliphatic heterocycles. The molecule has 1 aromatic rings. The lowest BCUT2D eigenvalue weighted by Crippen LogP contribution is -2.40. The quantitative estimate of drug-likeness (QED) is 0.716. The number of nitrogens with one attached hydrogen (secondary N) is 1. The van der Waals surface area contributed by atoms with Crippen LogP contribution in [0.4, 0.5) is 0 Å². The fraction of sp³-hybridized carbons (Fsp3) is 0.667. The van der Waals surface area contributed by atoms with Crippen LogP contribution in [0.5, 0.6) is 11.5 Å². The number of hydrogen-bond acceptors (Lipinski definition) is 5. The maximum absolute atomic E-state index is 10.1. The van der Waals surface area contributed by atoms with Gasteiger partial charge in [0.15, 0.2) is 11.5 Å². The lowest BCUT2D eigenvalue weighted by Gasteiger charge is -2.35. The second-order valence-corrected chi connectivity index (χ2v) is 6.20. The first-order chi connectivity index (χ1) is 11.1. The number of hydrogen-bond donors (Lipinski definition) is 2. The Hall–Kier alpha value is -1.30. The first kappa shape index (κ1) is 18.0. The lowest BCUT2D eigenvalue weighted by molar-refractivity contribution is 0.219. The van der Waals surface area contributed by atoms with E-state index in [2.05, 4.69) is 36.0 Å². The summed E-state index contributed by atoms with van der Waals surface area (Å²) in [7, 11) is 3.75. The molecule has 5 nitrogen and oxygen atoms in total. The number of likely N-dealkylation sites (N-methyl/N-ethyl adjacent to an activating group) is 2. The van der Waals surface area contributed by atoms with E-state index in [0.717, 1.165) is 45.7 Å². The van der Waals surface area contributed by atoms with Crippen molar-refractivity contribution in [1.29, 1.82) is 0 Å². The van der Waals surface area contributed by atoms with E-state index < -0.39 is 0 Å². The number of aromatic hydroxyl groups is 1. The summed E-state index contributed by atoms with van der Waals surface area (Å²) in [4.78, 5) is 4.78. The molecule has 0 aromatic heterocycles. The van der Waals surface area contributed by atoms with E-state index in [1.807, 2.05) is 12.1 Å². The molecule has 0 radical (unpaired) electrons. The van der Waals surface area contributed by atoms with Gasteiger partial charge in [0.05, 0.1) is 7.11 Å². The zero-order valence-electron chi connectivity index (χ0n) is 14.9. The number of benzene rings is 1. The number of ether oxygens (including phenoxy) is 1. The summed E-state index contributed by atoms with van der Waals surface area (Å²) in [5, 5.41) is 13.7. The summed E-state index contributed by atoms with van der Waals surface area (Å²) >= 11 is 0. The van der Waals surface area contributed by atoms with Gasteiger partial charge in [-0.2, -0.15) is 0 Å². The third-order valence-electron chi connectivity index (χ3n) is 4.90. The largest absolute Gasteiger partial charge is 0.504 e. The first-order valence-corrected chi connectivity index (χ1v) is 8.63. The summed E-state index contributed by atoms with van der Waals surface area (Å²) in [6.07, 6.45) is 0.998. The van der Waals surface area contributed by atoms with Crippen LogP contribution < -0.4 is 10.1 Å². The van der Waals surface area contributed by atoms with Crippen LogP contribution in [-0.2, 0) is 6.42 Å². The predicted molar refractivity (Wildman–Crippen MR) is 94.4 cm³/mol. The molecule has 0 fully saturated rings. The van der Waals surface area contributed by atoms with Crippen LogP contribution in [0.1, 0.15) is 31.0 Å². The highest BCUT2D eigenvalue weighted by atomic mass is 16.5. The van der Waals surface area contributed by atoms with E-state index in [0.29, 0.717) is 11.8 Å². The fourth-order valence-corrected chi connectivity index (χ4v) is 3.29. The Morgan fingerprint density at radius 3 is 2.74 bits per heavy atom. The normalized spacial score (nSPS) is 18.2. The second-order valence-electron chi connectivity index (χ2n) is 6.20. The van der Waals surface area contributed by atoms with Gasteiger partial charge in [-0.25, -0.2) is 0 Å². The Kier molecular flexibility index (Phi) is 6.69. The van der Waals surface area contributed by atoms with Gasteiger partial charge in [0, 0.05) is 32.2 Å². The molecular formula is C18H31N3O2. The summed E-state index contributed by atoms with van der Waals surface area (Å²) in [6.45, 7) is 10.6. The molecule has 0 amide bonds. The van der Waals surface area contributed by atoms with E-state index >= 15 is 0 Å². The first-order valence-electron chi connectivity index (χ1n) is 8.63. The molecule has 1 aromatic carbocycles. The molecule has 0 saturated heterocycles. The highest BCUT2D eigenvalue weighted by Gasteiger charge is 2.26. The predicted octanol–water partition coefficient (Wildman–Crippen LogP) is 1.86. The number of phenols is 1. The van der Waals surface area contributed by atoms with Gasteiger partial charge in [-0.05, 0) is 49.8 Å². The molecule has 1 unspecified atom stereocenters. The van der Waals surface area contributed by atoms with E-state index in [1.54, 1.807) is 7.11 Å². The fourth-order valence-electron chi connectivity index (χ4n) is 3.29. The molecule has 2 N–H and O–H groups in total. The van der Waals surface area contributed by atoms with Crippen LogP contribution in [0.15, 0.2) is 12.1 Å². The van der Waals surface area contributed by atoms with Crippen LogP contribution in [0.25, 0.3) is 0 Å². The zero-order chi connectivity index (χ0) is 16.8. The second kappa shape index (κ2) is 8.52. The van der Waals surface area contributed by atoms with Gasteiger partial charge in [0.2, 0.25) is 0 Å². The van der Waals surface area contributed by atoms with Gasteiger partial charge >= 0.3 is 0 Å². The van der Waals surface area contributed by atoms with Crippen LogP contribution in [0.3, 0.4) is 0 Å². The summed E-state index contributed by atoms with van der Waals surface area (Å²) in [5.74, 6) is 0.802. The molecule has 1 atom stereocenters. The summed E-state index contributed by atoms with van der Waals surface area (Å²) in [5.41, 5.74) is 2.50. The van der Waals surface area contributed by atoms with Crippen LogP contribution in [0.2, 0.25) is 0 Å². The van der Waals surface area contributed by atoms with Gasteiger partial charge in [-0.15, -0.1) is 0 Å². The zero-order valence-corrected chi connectivity index (χ0v) is 14.9. The third-order valence-corrected chi connectivity index (χ3v) is 4.90. The van der Waals surface area contributed by atoms with Crippen molar-refractivity contribution in [3.63, 3.8) is 0 Å². The monoisotopic (exact) mass is 321 g/mol. The molecule has 23 heavy (non-hydrogen) atoms. The minimum Gasteiger partial charge on any atom is -0.504 e. The van der Waals surface area contributed by atoms with E-state index in [1.165, 1.54) is 11.1 Å². The summed E-state index contributed by atoms with van der Waals surface area (Å²) < 4.78 is 5.24. The maximum atomic E-state index is 10.1. The Morgan fingerprint density at radius 2 is 2.09 bits per heavy atom. The Balaban J connectivity index is 2.01. The molecule has 5 heteroatoms. The van der Waals surface area contributed by atoms with Gasteiger partial charge in [0.1, 0.15) is 0 Å². The standard InChI is InChI=1S/C18H31N3O2/c1-5-21(6-2)10-8-19-13-16-15-12-17(22)18(23-4)11-14(15)7-9-20(16)3/h11-12,16,19,22H,5-10,13H2,1-4H3. The number of rotatable bonds is 8. The number of phenolic OH excluding ortho intramolecular Hbond substituents is 1. The topological polar surface area (TPSA) is 48.0 Å². The molecule has 130 valence electrons. The van der Waals surface area contributed by atoms with Crippen molar-refractivity contribution in [3.8, 4) is 11.5 Å². The van der Waals surface area contributed by atoms with Crippen LogP contribution in [0, 0.1) is 0 Å². The Labute approximate surface area is 140 Å². The molecule has 0 saturated carbocycles. The molecule has 0 bridgehead atoms. The highest BCUT2D eigenvalue weighted by molar-refractivity contribution is 5.48. The molecule has 1 aliphatic rings. The number of methoxy groups -OCH3 is 1.